The van der Waals surface area contributed by atoms with Crippen LogP contribution >= 0.6 is 0 Å². The summed E-state index contributed by atoms with van der Waals surface area (Å²) in [5.41, 5.74) is 2.22. The minimum atomic E-state index is -0.992. The summed E-state index contributed by atoms with van der Waals surface area (Å²) in [6.07, 6.45) is 3.81. The second kappa shape index (κ2) is 6.51. The quantitative estimate of drug-likeness (QED) is 0.820. The van der Waals surface area contributed by atoms with Crippen molar-refractivity contribution < 1.29 is 19.1 Å². The molecule has 108 valence electrons. The third kappa shape index (κ3) is 4.04. The first-order valence-corrected chi connectivity index (χ1v) is 6.24. The summed E-state index contributed by atoms with van der Waals surface area (Å²) in [6, 6.07) is 7.19. The average molecular weight is 286 g/mol. The lowest BCUT2D eigenvalue weighted by Gasteiger charge is -2.04. The van der Waals surface area contributed by atoms with Gasteiger partial charge in [0.2, 0.25) is 5.76 Å². The number of amides is 1. The van der Waals surface area contributed by atoms with Gasteiger partial charge in [0.1, 0.15) is 0 Å². The molecule has 21 heavy (non-hydrogen) atoms. The van der Waals surface area contributed by atoms with E-state index in [2.05, 4.69) is 10.3 Å². The fraction of sp³-hybridized carbons (Fsp3) is 0.133. The first-order chi connectivity index (χ1) is 10.1. The van der Waals surface area contributed by atoms with Gasteiger partial charge in [-0.2, -0.15) is 0 Å². The number of nitrogens with one attached hydrogen (secondary N) is 1. The smallest absolute Gasteiger partial charge is 0.328 e. The zero-order chi connectivity index (χ0) is 15.2. The molecule has 0 radical (unpaired) electrons. The molecule has 0 fully saturated rings. The lowest BCUT2D eigenvalue weighted by molar-refractivity contribution is -0.131. The Bertz CT molecular complexity index is 671. The number of carbonyl (C=O) groups is 2. The number of aryl methyl sites for hydroxylation is 1. The van der Waals surface area contributed by atoms with Crippen LogP contribution in [0.2, 0.25) is 0 Å². The van der Waals surface area contributed by atoms with Gasteiger partial charge in [-0.25, -0.2) is 9.78 Å². The number of hydrogen-bond acceptors (Lipinski definition) is 4. The predicted molar refractivity (Wildman–Crippen MR) is 75.5 cm³/mol. The number of rotatable bonds is 5. The van der Waals surface area contributed by atoms with Crippen LogP contribution in [0.15, 0.2) is 41.2 Å². The second-order valence-electron chi connectivity index (χ2n) is 4.36. The maximum Gasteiger partial charge on any atom is 0.328 e. The van der Waals surface area contributed by atoms with Crippen LogP contribution < -0.4 is 5.32 Å². The number of benzene rings is 1. The molecule has 0 spiro atoms. The van der Waals surface area contributed by atoms with Gasteiger partial charge in [-0.05, 0) is 24.1 Å². The van der Waals surface area contributed by atoms with Gasteiger partial charge >= 0.3 is 5.97 Å². The molecule has 0 saturated heterocycles. The highest BCUT2D eigenvalue weighted by atomic mass is 16.4. The fourth-order valence-electron chi connectivity index (χ4n) is 1.70. The van der Waals surface area contributed by atoms with Crippen LogP contribution in [0, 0.1) is 6.92 Å². The maximum absolute atomic E-state index is 11.8. The molecule has 2 N–H and O–H groups in total. The van der Waals surface area contributed by atoms with Gasteiger partial charge in [-0.1, -0.05) is 24.3 Å². The maximum atomic E-state index is 11.8. The van der Waals surface area contributed by atoms with Gasteiger partial charge in [-0.15, -0.1) is 0 Å². The number of hydrogen-bond donors (Lipinski definition) is 2. The Balaban J connectivity index is 1.93. The molecule has 2 aromatic rings. The monoisotopic (exact) mass is 286 g/mol. The van der Waals surface area contributed by atoms with Crippen molar-refractivity contribution in [1.29, 1.82) is 0 Å². The van der Waals surface area contributed by atoms with Crippen LogP contribution in [0.5, 0.6) is 0 Å². The Morgan fingerprint density at radius 2 is 2.05 bits per heavy atom. The van der Waals surface area contributed by atoms with E-state index in [-0.39, 0.29) is 11.7 Å². The van der Waals surface area contributed by atoms with Gasteiger partial charge in [-0.3, -0.25) is 4.79 Å². The molecule has 1 aromatic carbocycles. The zero-order valence-corrected chi connectivity index (χ0v) is 11.4. The Labute approximate surface area is 121 Å². The Morgan fingerprint density at radius 1 is 1.33 bits per heavy atom. The van der Waals surface area contributed by atoms with E-state index < -0.39 is 5.97 Å². The molecule has 1 heterocycles. The lowest BCUT2D eigenvalue weighted by Crippen LogP contribution is -2.23. The van der Waals surface area contributed by atoms with Crippen molar-refractivity contribution in [2.45, 2.75) is 13.5 Å². The summed E-state index contributed by atoms with van der Waals surface area (Å²) in [5, 5.41) is 11.3. The molecule has 0 aliphatic heterocycles. The van der Waals surface area contributed by atoms with Crippen LogP contribution in [0.1, 0.15) is 27.4 Å². The zero-order valence-electron chi connectivity index (χ0n) is 11.4. The molecular formula is C15H14N2O4. The summed E-state index contributed by atoms with van der Waals surface area (Å²) >= 11 is 0. The first kappa shape index (κ1) is 14.5. The summed E-state index contributed by atoms with van der Waals surface area (Å²) in [5.74, 6) is -1.11. The van der Waals surface area contributed by atoms with E-state index in [4.69, 9.17) is 9.52 Å². The number of carboxylic acid groups (broad SMARTS) is 1. The Hall–Kier alpha value is -2.89. The number of aromatic nitrogens is 1. The standard InChI is InChI=1S/C15H14N2O4/c1-10-14(21-9-17-10)15(20)16-8-12-4-2-11(3-5-12)6-7-13(18)19/h2-7,9H,8H2,1H3,(H,16,20)(H,18,19)/b7-6+. The van der Waals surface area contributed by atoms with Crippen molar-refractivity contribution in [3.63, 3.8) is 0 Å². The molecule has 6 nitrogen and oxygen atoms in total. The topological polar surface area (TPSA) is 92.4 Å². The van der Waals surface area contributed by atoms with Crippen molar-refractivity contribution >= 4 is 18.0 Å². The fourth-order valence-corrected chi connectivity index (χ4v) is 1.70. The lowest BCUT2D eigenvalue weighted by atomic mass is 10.1. The number of aliphatic carboxylic acids is 1. The Kier molecular flexibility index (Phi) is 4.50. The number of nitrogens with zero attached hydrogens (tertiary/aromatic N) is 1. The van der Waals surface area contributed by atoms with Gasteiger partial charge in [0.15, 0.2) is 6.39 Å². The minimum Gasteiger partial charge on any atom is -0.478 e. The molecule has 1 aromatic heterocycles. The van der Waals surface area contributed by atoms with Crippen molar-refractivity contribution in [1.82, 2.24) is 10.3 Å². The third-order valence-corrected chi connectivity index (χ3v) is 2.80. The Morgan fingerprint density at radius 3 is 2.62 bits per heavy atom. The molecule has 0 aliphatic carbocycles. The predicted octanol–water partition coefficient (Wildman–Crippen LogP) is 2.01. The molecule has 0 unspecified atom stereocenters. The summed E-state index contributed by atoms with van der Waals surface area (Å²) in [7, 11) is 0. The summed E-state index contributed by atoms with van der Waals surface area (Å²) in [6.45, 7) is 2.05. The molecule has 2 rings (SSSR count). The van der Waals surface area contributed by atoms with Gasteiger partial charge < -0.3 is 14.8 Å². The van der Waals surface area contributed by atoms with Crippen molar-refractivity contribution in [3.05, 3.63) is 59.3 Å². The minimum absolute atomic E-state index is 0.205. The van der Waals surface area contributed by atoms with E-state index in [0.29, 0.717) is 12.2 Å². The van der Waals surface area contributed by atoms with Crippen LogP contribution in [0.3, 0.4) is 0 Å². The van der Waals surface area contributed by atoms with Crippen LogP contribution in [0.4, 0.5) is 0 Å². The molecular weight excluding hydrogens is 272 g/mol. The normalized spacial score (nSPS) is 10.7. The highest BCUT2D eigenvalue weighted by Gasteiger charge is 2.12. The van der Waals surface area contributed by atoms with Crippen LogP contribution in [0.25, 0.3) is 6.08 Å². The highest BCUT2D eigenvalue weighted by molar-refractivity contribution is 5.92. The third-order valence-electron chi connectivity index (χ3n) is 2.80. The largest absolute Gasteiger partial charge is 0.478 e. The molecule has 0 atom stereocenters. The van der Waals surface area contributed by atoms with E-state index in [0.717, 1.165) is 17.2 Å². The molecule has 0 saturated carbocycles. The van der Waals surface area contributed by atoms with E-state index >= 15 is 0 Å². The molecule has 0 bridgehead atoms. The van der Waals surface area contributed by atoms with Crippen LogP contribution in [-0.2, 0) is 11.3 Å². The van der Waals surface area contributed by atoms with Gasteiger partial charge in [0.25, 0.3) is 5.91 Å². The van der Waals surface area contributed by atoms with Crippen LogP contribution in [-0.4, -0.2) is 22.0 Å². The second-order valence-corrected chi connectivity index (χ2v) is 4.36. The highest BCUT2D eigenvalue weighted by Crippen LogP contribution is 2.08. The first-order valence-electron chi connectivity index (χ1n) is 6.24. The average Bonchev–Trinajstić information content (AvgIpc) is 2.90. The number of oxazole rings is 1. The summed E-state index contributed by atoms with van der Waals surface area (Å²) < 4.78 is 5.00. The molecule has 0 aliphatic rings. The van der Waals surface area contributed by atoms with E-state index in [1.807, 2.05) is 12.1 Å². The van der Waals surface area contributed by atoms with Crippen molar-refractivity contribution in [3.8, 4) is 0 Å². The molecule has 6 heteroatoms. The number of carboxylic acids is 1. The SMILES string of the molecule is Cc1ncoc1C(=O)NCc1ccc(/C=C/C(=O)O)cc1. The van der Waals surface area contributed by atoms with E-state index in [9.17, 15) is 9.59 Å². The van der Waals surface area contributed by atoms with Crippen molar-refractivity contribution in [2.24, 2.45) is 0 Å². The molecule has 1 amide bonds. The van der Waals surface area contributed by atoms with E-state index in [1.165, 1.54) is 12.5 Å². The van der Waals surface area contributed by atoms with Gasteiger partial charge in [0.05, 0.1) is 5.69 Å². The summed E-state index contributed by atoms with van der Waals surface area (Å²) in [4.78, 5) is 26.1. The van der Waals surface area contributed by atoms with Crippen molar-refractivity contribution in [2.75, 3.05) is 0 Å². The number of carbonyl (C=O) groups excluding carboxylic acids is 1. The van der Waals surface area contributed by atoms with E-state index in [1.54, 1.807) is 19.1 Å². The van der Waals surface area contributed by atoms with Gasteiger partial charge in [0, 0.05) is 12.6 Å².